The van der Waals surface area contributed by atoms with Crippen molar-refractivity contribution in [3.8, 4) is 0 Å². The molecule has 0 aliphatic carbocycles. The Morgan fingerprint density at radius 3 is 2.74 bits per heavy atom. The number of carbonyl (C=O) groups is 2. The van der Waals surface area contributed by atoms with Crippen LogP contribution in [0, 0.1) is 0 Å². The maximum atomic E-state index is 11.9. The molecule has 0 bridgehead atoms. The number of hydrogen-bond donors (Lipinski definition) is 1. The zero-order valence-corrected chi connectivity index (χ0v) is 11.6. The van der Waals surface area contributed by atoms with Gasteiger partial charge in [-0.05, 0) is 24.1 Å². The summed E-state index contributed by atoms with van der Waals surface area (Å²) in [4.78, 5) is 25.0. The van der Waals surface area contributed by atoms with E-state index in [0.717, 1.165) is 12.0 Å². The van der Waals surface area contributed by atoms with Gasteiger partial charge in [0.15, 0.2) is 0 Å². The molecule has 1 saturated heterocycles. The minimum Gasteiger partial charge on any atom is -0.338 e. The summed E-state index contributed by atoms with van der Waals surface area (Å²) in [5.74, 6) is -0.0503. The van der Waals surface area contributed by atoms with E-state index < -0.39 is 0 Å². The van der Waals surface area contributed by atoms with Gasteiger partial charge in [-0.15, -0.1) is 0 Å². The number of hydrogen-bond acceptors (Lipinski definition) is 2. The van der Waals surface area contributed by atoms with Crippen LogP contribution in [0.3, 0.4) is 0 Å². The van der Waals surface area contributed by atoms with Gasteiger partial charge in [0.05, 0.1) is 0 Å². The molecule has 102 valence electrons. The Hall–Kier alpha value is -1.55. The molecule has 0 saturated carbocycles. The molecule has 1 aromatic rings. The molecule has 1 N–H and O–H groups in total. The van der Waals surface area contributed by atoms with Gasteiger partial charge in [0.2, 0.25) is 5.91 Å². The van der Waals surface area contributed by atoms with Gasteiger partial charge in [-0.1, -0.05) is 30.7 Å². The predicted molar refractivity (Wildman–Crippen MR) is 74.2 cm³/mol. The zero-order chi connectivity index (χ0) is 13.8. The number of likely N-dealkylation sites (tertiary alicyclic amines) is 1. The number of nitrogens with one attached hydrogen (secondary N) is 1. The van der Waals surface area contributed by atoms with Crippen LogP contribution in [0.15, 0.2) is 24.3 Å². The zero-order valence-electron chi connectivity index (χ0n) is 10.9. The van der Waals surface area contributed by atoms with Crippen LogP contribution in [0.5, 0.6) is 0 Å². The van der Waals surface area contributed by atoms with Crippen molar-refractivity contribution in [2.45, 2.75) is 25.7 Å². The number of urea groups is 1. The molecule has 1 aliphatic heterocycles. The summed E-state index contributed by atoms with van der Waals surface area (Å²) in [6.07, 6.45) is 1.23. The van der Waals surface area contributed by atoms with Crippen LogP contribution in [0.25, 0.3) is 0 Å². The van der Waals surface area contributed by atoms with Crippen LogP contribution < -0.4 is 5.32 Å². The van der Waals surface area contributed by atoms with E-state index in [-0.39, 0.29) is 17.9 Å². The van der Waals surface area contributed by atoms with Gasteiger partial charge in [0.1, 0.15) is 0 Å². The number of nitrogens with zero attached hydrogens (tertiary/aromatic N) is 1. The highest BCUT2D eigenvalue weighted by atomic mass is 35.5. The van der Waals surface area contributed by atoms with E-state index in [9.17, 15) is 9.59 Å². The van der Waals surface area contributed by atoms with Crippen molar-refractivity contribution < 1.29 is 9.59 Å². The number of halogens is 1. The lowest BCUT2D eigenvalue weighted by Gasteiger charge is -2.15. The second-order valence-electron chi connectivity index (χ2n) is 4.69. The first kappa shape index (κ1) is 13.9. The SMILES string of the molecule is CCCNC(=O)N1CC(c2ccc(Cl)cc2)CC1=O. The first-order valence-electron chi connectivity index (χ1n) is 6.45. The van der Waals surface area contributed by atoms with E-state index in [2.05, 4.69) is 5.32 Å². The van der Waals surface area contributed by atoms with Crippen LogP contribution in [-0.2, 0) is 4.79 Å². The number of imide groups is 1. The maximum absolute atomic E-state index is 11.9. The quantitative estimate of drug-likeness (QED) is 0.925. The highest BCUT2D eigenvalue weighted by Gasteiger charge is 2.34. The summed E-state index contributed by atoms with van der Waals surface area (Å²) < 4.78 is 0. The third kappa shape index (κ3) is 3.26. The lowest BCUT2D eigenvalue weighted by Crippen LogP contribution is -2.41. The Morgan fingerprint density at radius 2 is 2.11 bits per heavy atom. The van der Waals surface area contributed by atoms with E-state index in [1.54, 1.807) is 12.1 Å². The largest absolute Gasteiger partial charge is 0.338 e. The van der Waals surface area contributed by atoms with Crippen molar-refractivity contribution in [3.63, 3.8) is 0 Å². The molecule has 1 atom stereocenters. The molecule has 19 heavy (non-hydrogen) atoms. The third-order valence-electron chi connectivity index (χ3n) is 3.24. The van der Waals surface area contributed by atoms with Crippen LogP contribution in [0.1, 0.15) is 31.2 Å². The Morgan fingerprint density at radius 1 is 1.42 bits per heavy atom. The molecule has 1 heterocycles. The third-order valence-corrected chi connectivity index (χ3v) is 3.49. The summed E-state index contributed by atoms with van der Waals surface area (Å²) in [6.45, 7) is 3.01. The van der Waals surface area contributed by atoms with Crippen molar-refractivity contribution in [2.24, 2.45) is 0 Å². The minimum atomic E-state index is -0.289. The van der Waals surface area contributed by atoms with Crippen LogP contribution in [0.2, 0.25) is 5.02 Å². The van der Waals surface area contributed by atoms with Gasteiger partial charge in [-0.25, -0.2) is 4.79 Å². The van der Waals surface area contributed by atoms with Crippen molar-refractivity contribution in [1.29, 1.82) is 0 Å². The lowest BCUT2D eigenvalue weighted by molar-refractivity contribution is -0.125. The molecule has 5 heteroatoms. The van der Waals surface area contributed by atoms with E-state index >= 15 is 0 Å². The summed E-state index contributed by atoms with van der Waals surface area (Å²) in [7, 11) is 0. The Balaban J connectivity index is 2.02. The molecule has 1 aromatic carbocycles. The first-order chi connectivity index (χ1) is 9.11. The second kappa shape index (κ2) is 6.06. The summed E-state index contributed by atoms with van der Waals surface area (Å²) in [6, 6.07) is 7.15. The number of amides is 3. The van der Waals surface area contributed by atoms with Crippen LogP contribution in [0.4, 0.5) is 4.79 Å². The molecule has 1 unspecified atom stereocenters. The summed E-state index contributed by atoms with van der Waals surface area (Å²) >= 11 is 5.84. The number of carbonyl (C=O) groups excluding carboxylic acids is 2. The smallest absolute Gasteiger partial charge is 0.324 e. The van der Waals surface area contributed by atoms with Gasteiger partial charge >= 0.3 is 6.03 Å². The summed E-state index contributed by atoms with van der Waals surface area (Å²) in [5.41, 5.74) is 1.04. The van der Waals surface area contributed by atoms with Crippen molar-refractivity contribution in [1.82, 2.24) is 10.2 Å². The normalized spacial score (nSPS) is 18.7. The van der Waals surface area contributed by atoms with Crippen LogP contribution >= 0.6 is 11.6 Å². The molecule has 2 rings (SSSR count). The average Bonchev–Trinajstić information content (AvgIpc) is 2.79. The molecule has 0 radical (unpaired) electrons. The van der Waals surface area contributed by atoms with Gasteiger partial charge in [-0.2, -0.15) is 0 Å². The molecular weight excluding hydrogens is 264 g/mol. The van der Waals surface area contributed by atoms with Gasteiger partial charge in [-0.3, -0.25) is 9.69 Å². The fraction of sp³-hybridized carbons (Fsp3) is 0.429. The standard InChI is InChI=1S/C14H17ClN2O2/c1-2-7-16-14(19)17-9-11(8-13(17)18)10-3-5-12(15)6-4-10/h3-6,11H,2,7-9H2,1H3,(H,16,19). The average molecular weight is 281 g/mol. The molecule has 4 nitrogen and oxygen atoms in total. The van der Waals surface area contributed by atoms with E-state index in [1.165, 1.54) is 4.90 Å². The van der Waals surface area contributed by atoms with Crippen molar-refractivity contribution in [2.75, 3.05) is 13.1 Å². The Labute approximate surface area is 117 Å². The monoisotopic (exact) mass is 280 g/mol. The fourth-order valence-electron chi connectivity index (χ4n) is 2.19. The van der Waals surface area contributed by atoms with Gasteiger partial charge in [0.25, 0.3) is 0 Å². The molecular formula is C14H17ClN2O2. The summed E-state index contributed by atoms with van der Waals surface area (Å²) in [5, 5.41) is 3.40. The fourth-order valence-corrected chi connectivity index (χ4v) is 2.32. The van der Waals surface area contributed by atoms with Crippen molar-refractivity contribution >= 4 is 23.5 Å². The lowest BCUT2D eigenvalue weighted by atomic mass is 9.98. The second-order valence-corrected chi connectivity index (χ2v) is 5.13. The van der Waals surface area contributed by atoms with Gasteiger partial charge in [0, 0.05) is 30.5 Å². The Bertz CT molecular complexity index is 473. The Kier molecular flexibility index (Phi) is 4.43. The van der Waals surface area contributed by atoms with Gasteiger partial charge < -0.3 is 5.32 Å². The van der Waals surface area contributed by atoms with Crippen LogP contribution in [-0.4, -0.2) is 29.9 Å². The number of benzene rings is 1. The maximum Gasteiger partial charge on any atom is 0.324 e. The molecule has 0 aromatic heterocycles. The first-order valence-corrected chi connectivity index (χ1v) is 6.83. The highest BCUT2D eigenvalue weighted by Crippen LogP contribution is 2.28. The minimum absolute atomic E-state index is 0.0668. The number of rotatable bonds is 3. The van der Waals surface area contributed by atoms with E-state index in [1.807, 2.05) is 19.1 Å². The highest BCUT2D eigenvalue weighted by molar-refractivity contribution is 6.30. The van der Waals surface area contributed by atoms with E-state index in [4.69, 9.17) is 11.6 Å². The molecule has 3 amide bonds. The topological polar surface area (TPSA) is 49.4 Å². The van der Waals surface area contributed by atoms with E-state index in [0.29, 0.717) is 24.5 Å². The molecule has 1 fully saturated rings. The van der Waals surface area contributed by atoms with Crippen molar-refractivity contribution in [3.05, 3.63) is 34.9 Å². The molecule has 0 spiro atoms. The molecule has 1 aliphatic rings. The predicted octanol–water partition coefficient (Wildman–Crippen LogP) is 2.78.